The average molecular weight is 317 g/mol. The number of sulfonamides is 1. The van der Waals surface area contributed by atoms with Gasteiger partial charge in [0.25, 0.3) is 15.7 Å². The lowest BCUT2D eigenvalue weighted by atomic mass is 10.1. The molecular formula is C12H16FN3O4S. The summed E-state index contributed by atoms with van der Waals surface area (Å²) < 4.78 is 40.8. The van der Waals surface area contributed by atoms with Gasteiger partial charge in [-0.05, 0) is 31.4 Å². The summed E-state index contributed by atoms with van der Waals surface area (Å²) in [5.74, 6) is -1.18. The lowest BCUT2D eigenvalue weighted by Gasteiger charge is -2.19. The monoisotopic (exact) mass is 317 g/mol. The van der Waals surface area contributed by atoms with Gasteiger partial charge in [-0.3, -0.25) is 10.1 Å². The van der Waals surface area contributed by atoms with Crippen molar-refractivity contribution in [2.75, 3.05) is 6.54 Å². The Bertz CT molecular complexity index is 650. The standard InChI is InChI=1S/C12H16FN3O4S/c13-9-4-2-6-11(16(17)18)12(9)21(19,20)15-10-5-1-3-8(10)7-14/h2,4,6,8,10,15H,1,3,5,7,14H2. The molecule has 7 nitrogen and oxygen atoms in total. The van der Waals surface area contributed by atoms with Gasteiger partial charge in [-0.15, -0.1) is 0 Å². The van der Waals surface area contributed by atoms with Crippen molar-refractivity contribution in [2.45, 2.75) is 30.2 Å². The summed E-state index contributed by atoms with van der Waals surface area (Å²) in [4.78, 5) is 9.08. The van der Waals surface area contributed by atoms with Crippen molar-refractivity contribution < 1.29 is 17.7 Å². The summed E-state index contributed by atoms with van der Waals surface area (Å²) in [5.41, 5.74) is 4.80. The van der Waals surface area contributed by atoms with E-state index in [4.69, 9.17) is 5.73 Å². The van der Waals surface area contributed by atoms with Crippen molar-refractivity contribution >= 4 is 15.7 Å². The highest BCUT2D eigenvalue weighted by Gasteiger charge is 2.35. The van der Waals surface area contributed by atoms with Crippen LogP contribution in [0.3, 0.4) is 0 Å². The van der Waals surface area contributed by atoms with Crippen LogP contribution in [-0.2, 0) is 10.0 Å². The van der Waals surface area contributed by atoms with Crippen LogP contribution >= 0.6 is 0 Å². The molecule has 3 N–H and O–H groups in total. The first-order valence-electron chi connectivity index (χ1n) is 6.52. The highest BCUT2D eigenvalue weighted by atomic mass is 32.2. The van der Waals surface area contributed by atoms with Crippen LogP contribution in [0.1, 0.15) is 19.3 Å². The molecule has 0 amide bonds. The first-order chi connectivity index (χ1) is 9.86. The molecule has 0 saturated heterocycles. The van der Waals surface area contributed by atoms with Crippen LogP contribution in [0.4, 0.5) is 10.1 Å². The van der Waals surface area contributed by atoms with Gasteiger partial charge in [0.2, 0.25) is 0 Å². The number of hydrogen-bond acceptors (Lipinski definition) is 5. The molecule has 0 aromatic heterocycles. The van der Waals surface area contributed by atoms with E-state index in [-0.39, 0.29) is 5.92 Å². The van der Waals surface area contributed by atoms with Crippen LogP contribution in [0.5, 0.6) is 0 Å². The summed E-state index contributed by atoms with van der Waals surface area (Å²) in [6.07, 6.45) is 2.18. The molecule has 1 fully saturated rings. The highest BCUT2D eigenvalue weighted by Crippen LogP contribution is 2.30. The molecule has 9 heteroatoms. The summed E-state index contributed by atoms with van der Waals surface area (Å²) in [7, 11) is -4.32. The van der Waals surface area contributed by atoms with Crippen LogP contribution < -0.4 is 10.5 Å². The van der Waals surface area contributed by atoms with Gasteiger partial charge >= 0.3 is 0 Å². The predicted molar refractivity (Wildman–Crippen MR) is 73.6 cm³/mol. The molecule has 0 heterocycles. The second-order valence-corrected chi connectivity index (χ2v) is 6.65. The molecule has 1 aliphatic carbocycles. The predicted octanol–water partition coefficient (Wildman–Crippen LogP) is 1.14. The Morgan fingerprint density at radius 3 is 2.76 bits per heavy atom. The number of rotatable bonds is 5. The van der Waals surface area contributed by atoms with Crippen molar-refractivity contribution in [3.05, 3.63) is 34.1 Å². The highest BCUT2D eigenvalue weighted by molar-refractivity contribution is 7.89. The molecule has 1 aliphatic rings. The SMILES string of the molecule is NCC1CCCC1NS(=O)(=O)c1c(F)cccc1[N+](=O)[O-]. The van der Waals surface area contributed by atoms with E-state index in [1.807, 2.05) is 0 Å². The molecule has 1 saturated carbocycles. The van der Waals surface area contributed by atoms with E-state index < -0.39 is 37.4 Å². The lowest BCUT2D eigenvalue weighted by molar-refractivity contribution is -0.388. The van der Waals surface area contributed by atoms with Crippen molar-refractivity contribution in [2.24, 2.45) is 11.7 Å². The molecule has 2 unspecified atom stereocenters. The van der Waals surface area contributed by atoms with E-state index in [0.717, 1.165) is 31.0 Å². The number of hydrogen-bond donors (Lipinski definition) is 2. The molecule has 1 aromatic rings. The minimum Gasteiger partial charge on any atom is -0.330 e. The van der Waals surface area contributed by atoms with E-state index in [9.17, 15) is 22.9 Å². The van der Waals surface area contributed by atoms with E-state index in [2.05, 4.69) is 4.72 Å². The first-order valence-corrected chi connectivity index (χ1v) is 8.00. The lowest BCUT2D eigenvalue weighted by Crippen LogP contribution is -2.40. The number of nitro groups is 1. The zero-order valence-electron chi connectivity index (χ0n) is 11.2. The third-order valence-electron chi connectivity index (χ3n) is 3.68. The Hall–Kier alpha value is -1.58. The molecule has 116 valence electrons. The van der Waals surface area contributed by atoms with Crippen LogP contribution in [0.15, 0.2) is 23.1 Å². The molecule has 0 aliphatic heterocycles. The quantitative estimate of drug-likeness (QED) is 0.624. The van der Waals surface area contributed by atoms with Crippen molar-refractivity contribution in [1.82, 2.24) is 4.72 Å². The van der Waals surface area contributed by atoms with Gasteiger partial charge in [0, 0.05) is 12.1 Å². The summed E-state index contributed by atoms with van der Waals surface area (Å²) in [6, 6.07) is 2.54. The zero-order chi connectivity index (χ0) is 15.6. The first kappa shape index (κ1) is 15.8. The fraction of sp³-hybridized carbons (Fsp3) is 0.500. The maximum atomic E-state index is 13.8. The fourth-order valence-corrected chi connectivity index (χ4v) is 4.21. The fourth-order valence-electron chi connectivity index (χ4n) is 2.64. The van der Waals surface area contributed by atoms with Gasteiger partial charge < -0.3 is 5.73 Å². The topological polar surface area (TPSA) is 115 Å². The van der Waals surface area contributed by atoms with Crippen molar-refractivity contribution in [3.8, 4) is 0 Å². The number of halogens is 1. The van der Waals surface area contributed by atoms with E-state index in [1.54, 1.807) is 0 Å². The van der Waals surface area contributed by atoms with Gasteiger partial charge in [-0.2, -0.15) is 0 Å². The number of benzene rings is 1. The minimum atomic E-state index is -4.32. The van der Waals surface area contributed by atoms with Gasteiger partial charge in [-0.1, -0.05) is 12.5 Å². The molecule has 0 spiro atoms. The van der Waals surface area contributed by atoms with Crippen LogP contribution in [0, 0.1) is 21.8 Å². The maximum Gasteiger partial charge on any atom is 0.292 e. The van der Waals surface area contributed by atoms with Gasteiger partial charge in [-0.25, -0.2) is 17.5 Å². The second-order valence-electron chi connectivity index (χ2n) is 5.00. The summed E-state index contributed by atoms with van der Waals surface area (Å²) in [5, 5.41) is 10.9. The number of nitrogens with zero attached hydrogens (tertiary/aromatic N) is 1. The third-order valence-corrected chi connectivity index (χ3v) is 5.23. The number of nitrogens with two attached hydrogens (primary N) is 1. The molecular weight excluding hydrogens is 301 g/mol. The molecule has 2 rings (SSSR count). The van der Waals surface area contributed by atoms with Gasteiger partial charge in [0.1, 0.15) is 5.82 Å². The minimum absolute atomic E-state index is 0.0365. The van der Waals surface area contributed by atoms with E-state index in [1.165, 1.54) is 0 Å². The van der Waals surface area contributed by atoms with Crippen molar-refractivity contribution in [3.63, 3.8) is 0 Å². The average Bonchev–Trinajstić information content (AvgIpc) is 2.84. The van der Waals surface area contributed by atoms with Crippen LogP contribution in [0.2, 0.25) is 0 Å². The second kappa shape index (κ2) is 6.04. The van der Waals surface area contributed by atoms with E-state index >= 15 is 0 Å². The van der Waals surface area contributed by atoms with Crippen LogP contribution in [-0.4, -0.2) is 25.9 Å². The molecule has 1 aromatic carbocycles. The van der Waals surface area contributed by atoms with Crippen LogP contribution in [0.25, 0.3) is 0 Å². The number of nitro benzene ring substituents is 1. The summed E-state index contributed by atoms with van der Waals surface area (Å²) >= 11 is 0. The van der Waals surface area contributed by atoms with Crippen molar-refractivity contribution in [1.29, 1.82) is 0 Å². The molecule has 0 bridgehead atoms. The Labute approximate surface area is 121 Å². The molecule has 0 radical (unpaired) electrons. The van der Waals surface area contributed by atoms with Gasteiger partial charge in [0.15, 0.2) is 4.90 Å². The molecule has 2 atom stereocenters. The Kier molecular flexibility index (Phi) is 4.55. The Balaban J connectivity index is 2.38. The van der Waals surface area contributed by atoms with Gasteiger partial charge in [0.05, 0.1) is 4.92 Å². The normalized spacial score (nSPS) is 22.4. The summed E-state index contributed by atoms with van der Waals surface area (Å²) in [6.45, 7) is 0.312. The zero-order valence-corrected chi connectivity index (χ0v) is 12.0. The largest absolute Gasteiger partial charge is 0.330 e. The molecule has 21 heavy (non-hydrogen) atoms. The Morgan fingerprint density at radius 1 is 1.43 bits per heavy atom. The third kappa shape index (κ3) is 3.20. The van der Waals surface area contributed by atoms with E-state index in [0.29, 0.717) is 13.0 Å². The Morgan fingerprint density at radius 2 is 2.14 bits per heavy atom. The number of nitrogens with one attached hydrogen (secondary N) is 1. The smallest absolute Gasteiger partial charge is 0.292 e. The maximum absolute atomic E-state index is 13.8.